The van der Waals surface area contributed by atoms with Crippen LogP contribution in [-0.2, 0) is 27.2 Å². The number of aromatic nitrogens is 4. The number of aryl methyl sites for hydroxylation is 1. The highest BCUT2D eigenvalue weighted by Gasteiger charge is 2.26. The second kappa shape index (κ2) is 13.2. The minimum Gasteiger partial charge on any atom is -0.467 e. The maximum Gasteiger partial charge on any atom is 0.407 e. The number of ether oxygens (including phenoxy) is 2. The molecule has 4 aromatic rings. The van der Waals surface area contributed by atoms with E-state index in [1.807, 2.05) is 30.3 Å². The van der Waals surface area contributed by atoms with E-state index in [1.165, 1.54) is 12.8 Å². The van der Waals surface area contributed by atoms with Gasteiger partial charge in [0.25, 0.3) is 5.91 Å². The lowest BCUT2D eigenvalue weighted by Crippen LogP contribution is -2.41. The van der Waals surface area contributed by atoms with Crippen LogP contribution in [-0.4, -0.2) is 63.0 Å². The number of nitrogens with one attached hydrogen (secondary N) is 2. The second-order valence-corrected chi connectivity index (χ2v) is 11.8. The molecule has 1 unspecified atom stereocenters. The zero-order valence-electron chi connectivity index (χ0n) is 25.6. The van der Waals surface area contributed by atoms with Gasteiger partial charge in [-0.25, -0.2) is 9.59 Å². The molecule has 11 heteroatoms. The molecule has 3 aromatic heterocycles. The monoisotopic (exact) mass is 598 g/mol. The number of amides is 2. The van der Waals surface area contributed by atoms with Crippen LogP contribution in [0.3, 0.4) is 0 Å². The number of fused-ring (bicyclic) bond motifs is 2. The third-order valence-corrected chi connectivity index (χ3v) is 7.40. The number of nitrogens with zero attached hydrogens (tertiary/aromatic N) is 4. The number of carbonyl (C=O) groups is 3. The van der Waals surface area contributed by atoms with E-state index >= 15 is 0 Å². The summed E-state index contributed by atoms with van der Waals surface area (Å²) < 4.78 is 12.2. The number of alkyl carbamates (subject to hydrolysis) is 1. The zero-order valence-corrected chi connectivity index (χ0v) is 25.6. The average Bonchev–Trinajstić information content (AvgIpc) is 3.60. The van der Waals surface area contributed by atoms with Crippen molar-refractivity contribution < 1.29 is 23.9 Å². The summed E-state index contributed by atoms with van der Waals surface area (Å²) in [7, 11) is 1.29. The van der Waals surface area contributed by atoms with E-state index in [-0.39, 0.29) is 0 Å². The third-order valence-electron chi connectivity index (χ3n) is 7.40. The standard InChI is InChI=1S/C33H38N6O5/c1-33(2,3)44-32(42)36-17-8-6-11-25(31(41)43-4)37-30(40)21-13-14-22-23(15-18-35-26(22)20-21)28-27-12-9-19-39(27)38-29(28)24-10-5-7-16-34-24/h5,7,10,13-16,18,20,25H,6,8-9,11-12,17,19H2,1-4H3,(H,36,42)(H,37,40). The molecule has 2 N–H and O–H groups in total. The largest absolute Gasteiger partial charge is 0.467 e. The van der Waals surface area contributed by atoms with Gasteiger partial charge in [-0.1, -0.05) is 12.1 Å². The Labute approximate surface area is 256 Å². The van der Waals surface area contributed by atoms with Gasteiger partial charge in [-0.15, -0.1) is 0 Å². The Bertz CT molecular complexity index is 1660. The molecule has 0 saturated heterocycles. The second-order valence-electron chi connectivity index (χ2n) is 11.8. The van der Waals surface area contributed by atoms with Gasteiger partial charge < -0.3 is 20.1 Å². The van der Waals surface area contributed by atoms with E-state index in [2.05, 4.69) is 25.3 Å². The first-order valence-corrected chi connectivity index (χ1v) is 14.9. The molecule has 0 fully saturated rings. The molecule has 1 aliphatic rings. The van der Waals surface area contributed by atoms with Crippen LogP contribution >= 0.6 is 0 Å². The number of esters is 1. The van der Waals surface area contributed by atoms with Crippen molar-refractivity contribution in [3.8, 4) is 22.5 Å². The predicted molar refractivity (Wildman–Crippen MR) is 166 cm³/mol. The van der Waals surface area contributed by atoms with E-state index < -0.39 is 29.6 Å². The number of pyridine rings is 2. The van der Waals surface area contributed by atoms with Crippen LogP contribution in [0.5, 0.6) is 0 Å². The molecule has 2 amide bonds. The van der Waals surface area contributed by atoms with Crippen LogP contribution in [0.25, 0.3) is 33.4 Å². The van der Waals surface area contributed by atoms with Crippen LogP contribution in [0, 0.1) is 0 Å². The fourth-order valence-corrected chi connectivity index (χ4v) is 5.42. The molecule has 5 rings (SSSR count). The van der Waals surface area contributed by atoms with Crippen molar-refractivity contribution in [1.82, 2.24) is 30.4 Å². The van der Waals surface area contributed by atoms with Crippen LogP contribution < -0.4 is 10.6 Å². The van der Waals surface area contributed by atoms with Gasteiger partial charge in [0.15, 0.2) is 0 Å². The third kappa shape index (κ3) is 7.04. The minimum atomic E-state index is -0.833. The lowest BCUT2D eigenvalue weighted by Gasteiger charge is -2.20. The molecule has 0 radical (unpaired) electrons. The van der Waals surface area contributed by atoms with E-state index in [4.69, 9.17) is 14.6 Å². The first kappa shape index (κ1) is 30.7. The molecule has 0 bridgehead atoms. The Morgan fingerprint density at radius 2 is 1.89 bits per heavy atom. The lowest BCUT2D eigenvalue weighted by atomic mass is 9.96. The number of methoxy groups -OCH3 is 1. The predicted octanol–water partition coefficient (Wildman–Crippen LogP) is 5.07. The van der Waals surface area contributed by atoms with Crippen molar-refractivity contribution in [2.45, 2.75) is 71.1 Å². The summed E-state index contributed by atoms with van der Waals surface area (Å²) in [5.41, 5.74) is 5.29. The molecular formula is C33H38N6O5. The topological polar surface area (TPSA) is 137 Å². The van der Waals surface area contributed by atoms with E-state index in [0.717, 1.165) is 47.3 Å². The Morgan fingerprint density at radius 1 is 1.05 bits per heavy atom. The number of carbonyl (C=O) groups excluding carboxylic acids is 3. The number of unbranched alkanes of at least 4 members (excludes halogenated alkanes) is 1. The highest BCUT2D eigenvalue weighted by molar-refractivity contribution is 6.03. The van der Waals surface area contributed by atoms with Gasteiger partial charge in [0.1, 0.15) is 17.3 Å². The SMILES string of the molecule is COC(=O)C(CCCCNC(=O)OC(C)(C)C)NC(=O)c1ccc2c(-c3c(-c4ccccn4)nn4c3CCC4)ccnc2c1. The summed E-state index contributed by atoms with van der Waals surface area (Å²) in [5, 5.41) is 11.3. The zero-order chi connectivity index (χ0) is 31.3. The molecule has 1 aliphatic heterocycles. The maximum atomic E-state index is 13.3. The molecule has 0 spiro atoms. The maximum absolute atomic E-state index is 13.3. The van der Waals surface area contributed by atoms with Gasteiger partial charge in [-0.05, 0) is 88.8 Å². The van der Waals surface area contributed by atoms with Crippen molar-refractivity contribution in [1.29, 1.82) is 0 Å². The summed E-state index contributed by atoms with van der Waals surface area (Å²) in [6, 6.07) is 12.3. The highest BCUT2D eigenvalue weighted by Crippen LogP contribution is 2.39. The van der Waals surface area contributed by atoms with Gasteiger partial charge in [0, 0.05) is 47.7 Å². The Kier molecular flexibility index (Phi) is 9.22. The summed E-state index contributed by atoms with van der Waals surface area (Å²) >= 11 is 0. The van der Waals surface area contributed by atoms with Crippen LogP contribution in [0.1, 0.15) is 62.5 Å². The molecule has 44 heavy (non-hydrogen) atoms. The fraction of sp³-hybridized carbons (Fsp3) is 0.394. The minimum absolute atomic E-state index is 0.355. The van der Waals surface area contributed by atoms with Crippen LogP contribution in [0.2, 0.25) is 0 Å². The first-order valence-electron chi connectivity index (χ1n) is 14.9. The van der Waals surface area contributed by atoms with E-state index in [1.54, 1.807) is 45.3 Å². The van der Waals surface area contributed by atoms with Gasteiger partial charge in [0.05, 0.1) is 18.3 Å². The van der Waals surface area contributed by atoms with E-state index in [0.29, 0.717) is 36.9 Å². The smallest absolute Gasteiger partial charge is 0.407 e. The highest BCUT2D eigenvalue weighted by atomic mass is 16.6. The molecule has 1 aromatic carbocycles. The molecule has 1 atom stereocenters. The van der Waals surface area contributed by atoms with Crippen LogP contribution in [0.4, 0.5) is 4.79 Å². The van der Waals surface area contributed by atoms with Crippen molar-refractivity contribution >= 4 is 28.9 Å². The van der Waals surface area contributed by atoms with Gasteiger partial charge in [-0.2, -0.15) is 5.10 Å². The Balaban J connectivity index is 1.31. The fourth-order valence-electron chi connectivity index (χ4n) is 5.42. The van der Waals surface area contributed by atoms with Crippen LogP contribution in [0.15, 0.2) is 54.9 Å². The van der Waals surface area contributed by atoms with Gasteiger partial charge in [-0.3, -0.25) is 19.4 Å². The summed E-state index contributed by atoms with van der Waals surface area (Å²) in [5.74, 6) is -0.932. The summed E-state index contributed by atoms with van der Waals surface area (Å²) in [6.07, 6.45) is 6.50. The molecule has 4 heterocycles. The number of rotatable bonds is 10. The quantitative estimate of drug-likeness (QED) is 0.191. The van der Waals surface area contributed by atoms with Crippen molar-refractivity contribution in [3.05, 3.63) is 66.1 Å². The number of hydrogen-bond acceptors (Lipinski definition) is 8. The number of benzene rings is 1. The van der Waals surface area contributed by atoms with E-state index in [9.17, 15) is 14.4 Å². The molecule has 0 aliphatic carbocycles. The summed E-state index contributed by atoms with van der Waals surface area (Å²) in [6.45, 7) is 6.64. The van der Waals surface area contributed by atoms with Gasteiger partial charge >= 0.3 is 12.1 Å². The first-order chi connectivity index (χ1) is 21.1. The molecular weight excluding hydrogens is 560 g/mol. The van der Waals surface area contributed by atoms with Crippen molar-refractivity contribution in [3.63, 3.8) is 0 Å². The molecule has 0 saturated carbocycles. The van der Waals surface area contributed by atoms with Gasteiger partial charge in [0.2, 0.25) is 0 Å². The summed E-state index contributed by atoms with van der Waals surface area (Å²) in [4.78, 5) is 46.8. The Morgan fingerprint density at radius 3 is 2.64 bits per heavy atom. The molecule has 11 nitrogen and oxygen atoms in total. The Hall–Kier alpha value is -4.80. The molecule has 230 valence electrons. The average molecular weight is 599 g/mol. The lowest BCUT2D eigenvalue weighted by molar-refractivity contribution is -0.143. The number of hydrogen-bond donors (Lipinski definition) is 2. The normalized spacial score (nSPS) is 13.3. The van der Waals surface area contributed by atoms with Crippen molar-refractivity contribution in [2.75, 3.05) is 13.7 Å². The van der Waals surface area contributed by atoms with Crippen molar-refractivity contribution in [2.24, 2.45) is 0 Å².